The summed E-state index contributed by atoms with van der Waals surface area (Å²) in [5, 5.41) is 0. The molecule has 0 saturated heterocycles. The van der Waals surface area contributed by atoms with Gasteiger partial charge in [-0.2, -0.15) is 13.2 Å². The van der Waals surface area contributed by atoms with E-state index in [4.69, 9.17) is 9.15 Å². The first-order chi connectivity index (χ1) is 12.5. The third kappa shape index (κ3) is 3.23. The van der Waals surface area contributed by atoms with Crippen molar-refractivity contribution in [2.45, 2.75) is 6.18 Å². The fraction of sp³-hybridized carbons (Fsp3) is 0.0526. The molecule has 4 rings (SSSR count). The van der Waals surface area contributed by atoms with E-state index in [1.165, 1.54) is 12.1 Å². The van der Waals surface area contributed by atoms with E-state index < -0.39 is 11.7 Å². The van der Waals surface area contributed by atoms with Gasteiger partial charge in [0.1, 0.15) is 17.0 Å². The second-order valence-electron chi connectivity index (χ2n) is 5.48. The van der Waals surface area contributed by atoms with Gasteiger partial charge in [-0.05, 0) is 36.4 Å². The Kier molecular flexibility index (Phi) is 3.84. The number of nitrogens with zero attached hydrogens (tertiary/aromatic N) is 2. The molecule has 0 bridgehead atoms. The second-order valence-corrected chi connectivity index (χ2v) is 5.48. The number of ether oxygens (including phenoxy) is 1. The average Bonchev–Trinajstić information content (AvgIpc) is 3.06. The first-order valence-electron chi connectivity index (χ1n) is 7.67. The van der Waals surface area contributed by atoms with Gasteiger partial charge in [0.25, 0.3) is 0 Å². The highest BCUT2D eigenvalue weighted by atomic mass is 19.4. The molecular formula is C19H11F3N2O2. The summed E-state index contributed by atoms with van der Waals surface area (Å²) in [4.78, 5) is 8.61. The minimum atomic E-state index is -4.44. The fourth-order valence-corrected chi connectivity index (χ4v) is 2.43. The van der Waals surface area contributed by atoms with Gasteiger partial charge in [-0.3, -0.25) is 0 Å². The number of alkyl halides is 3. The molecule has 0 spiro atoms. The summed E-state index contributed by atoms with van der Waals surface area (Å²) < 4.78 is 49.5. The van der Waals surface area contributed by atoms with Crippen molar-refractivity contribution in [3.8, 4) is 23.2 Å². The Labute approximate surface area is 145 Å². The van der Waals surface area contributed by atoms with E-state index in [9.17, 15) is 13.2 Å². The van der Waals surface area contributed by atoms with E-state index in [2.05, 4.69) is 9.97 Å². The molecule has 26 heavy (non-hydrogen) atoms. The minimum Gasteiger partial charge on any atom is -0.439 e. The molecule has 2 aromatic heterocycles. The van der Waals surface area contributed by atoms with Gasteiger partial charge in [-0.25, -0.2) is 9.97 Å². The summed E-state index contributed by atoms with van der Waals surface area (Å²) in [6, 6.07) is 16.8. The fourth-order valence-electron chi connectivity index (χ4n) is 2.43. The first-order valence-corrected chi connectivity index (χ1v) is 7.67. The third-order valence-electron chi connectivity index (χ3n) is 3.62. The van der Waals surface area contributed by atoms with Crippen LogP contribution < -0.4 is 4.74 Å². The highest BCUT2D eigenvalue weighted by Gasteiger charge is 2.30. The molecule has 0 unspecified atom stereocenters. The average molecular weight is 356 g/mol. The SMILES string of the molecule is FC(F)(F)c1cccc(Oc2cccc(-c3nc4ccccc4o3)n2)c1. The van der Waals surface area contributed by atoms with Gasteiger partial charge in [-0.1, -0.05) is 24.3 Å². The molecule has 2 heterocycles. The molecule has 0 amide bonds. The molecule has 0 aliphatic heterocycles. The molecule has 0 atom stereocenters. The summed E-state index contributed by atoms with van der Waals surface area (Å²) in [6.45, 7) is 0. The molecule has 7 heteroatoms. The topological polar surface area (TPSA) is 48.2 Å². The highest BCUT2D eigenvalue weighted by molar-refractivity contribution is 5.75. The molecule has 0 aliphatic carbocycles. The second kappa shape index (κ2) is 6.18. The number of benzene rings is 2. The van der Waals surface area contributed by atoms with Crippen molar-refractivity contribution in [1.82, 2.24) is 9.97 Å². The largest absolute Gasteiger partial charge is 0.439 e. The van der Waals surface area contributed by atoms with Crippen molar-refractivity contribution in [3.05, 3.63) is 72.3 Å². The predicted octanol–water partition coefficient (Wildman–Crippen LogP) is 5.70. The number of oxazole rings is 1. The lowest BCUT2D eigenvalue weighted by Gasteiger charge is -2.09. The number of fused-ring (bicyclic) bond motifs is 1. The molecule has 0 aliphatic rings. The van der Waals surface area contributed by atoms with Crippen LogP contribution in [-0.4, -0.2) is 9.97 Å². The molecular weight excluding hydrogens is 345 g/mol. The van der Waals surface area contributed by atoms with Crippen LogP contribution in [0.25, 0.3) is 22.7 Å². The maximum atomic E-state index is 12.8. The number of para-hydroxylation sites is 2. The van der Waals surface area contributed by atoms with E-state index in [1.807, 2.05) is 18.2 Å². The Balaban J connectivity index is 1.64. The zero-order valence-electron chi connectivity index (χ0n) is 13.2. The van der Waals surface area contributed by atoms with Crippen molar-refractivity contribution < 1.29 is 22.3 Å². The molecule has 0 radical (unpaired) electrons. The number of halogens is 3. The van der Waals surface area contributed by atoms with Crippen molar-refractivity contribution in [2.75, 3.05) is 0 Å². The van der Waals surface area contributed by atoms with Gasteiger partial charge in [0, 0.05) is 6.07 Å². The van der Waals surface area contributed by atoms with Crippen LogP contribution in [0.3, 0.4) is 0 Å². The predicted molar refractivity (Wildman–Crippen MR) is 88.8 cm³/mol. The van der Waals surface area contributed by atoms with Crippen LogP contribution in [0.15, 0.2) is 71.1 Å². The molecule has 0 N–H and O–H groups in total. The smallest absolute Gasteiger partial charge is 0.416 e. The Morgan fingerprint density at radius 3 is 2.46 bits per heavy atom. The Bertz CT molecular complexity index is 1040. The standard InChI is InChI=1S/C19H11F3N2O2/c20-19(21,22)12-5-3-6-13(11-12)25-17-10-4-8-15(23-17)18-24-14-7-1-2-9-16(14)26-18/h1-11H. The molecule has 4 aromatic rings. The third-order valence-corrected chi connectivity index (χ3v) is 3.62. The number of rotatable bonds is 3. The van der Waals surface area contributed by atoms with Crippen LogP contribution in [0.5, 0.6) is 11.6 Å². The zero-order valence-corrected chi connectivity index (χ0v) is 13.2. The van der Waals surface area contributed by atoms with Gasteiger partial charge < -0.3 is 9.15 Å². The van der Waals surface area contributed by atoms with Gasteiger partial charge in [-0.15, -0.1) is 0 Å². The van der Waals surface area contributed by atoms with E-state index in [-0.39, 0.29) is 11.6 Å². The van der Waals surface area contributed by atoms with Gasteiger partial charge in [0.2, 0.25) is 11.8 Å². The summed E-state index contributed by atoms with van der Waals surface area (Å²) >= 11 is 0. The quantitative estimate of drug-likeness (QED) is 0.472. The van der Waals surface area contributed by atoms with Crippen molar-refractivity contribution in [3.63, 3.8) is 0 Å². The highest BCUT2D eigenvalue weighted by Crippen LogP contribution is 2.33. The lowest BCUT2D eigenvalue weighted by atomic mass is 10.2. The van der Waals surface area contributed by atoms with Crippen molar-refractivity contribution >= 4 is 11.1 Å². The molecule has 4 nitrogen and oxygen atoms in total. The Morgan fingerprint density at radius 2 is 1.65 bits per heavy atom. The number of hydrogen-bond donors (Lipinski definition) is 0. The van der Waals surface area contributed by atoms with E-state index in [1.54, 1.807) is 24.3 Å². The van der Waals surface area contributed by atoms with Gasteiger partial charge in [0.15, 0.2) is 5.58 Å². The van der Waals surface area contributed by atoms with Crippen LogP contribution in [0.1, 0.15) is 5.56 Å². The lowest BCUT2D eigenvalue weighted by molar-refractivity contribution is -0.137. The summed E-state index contributed by atoms with van der Waals surface area (Å²) in [6.07, 6.45) is -4.44. The van der Waals surface area contributed by atoms with Crippen LogP contribution in [0.4, 0.5) is 13.2 Å². The van der Waals surface area contributed by atoms with Gasteiger partial charge >= 0.3 is 6.18 Å². The maximum Gasteiger partial charge on any atom is 0.416 e. The summed E-state index contributed by atoms with van der Waals surface area (Å²) in [5.41, 5.74) is 0.942. The molecule has 2 aromatic carbocycles. The Hall–Kier alpha value is -3.35. The number of aromatic nitrogens is 2. The van der Waals surface area contributed by atoms with Gasteiger partial charge in [0.05, 0.1) is 5.56 Å². The normalized spacial score (nSPS) is 11.7. The summed E-state index contributed by atoms with van der Waals surface area (Å²) in [5.74, 6) is 0.492. The number of pyridine rings is 1. The Morgan fingerprint density at radius 1 is 0.846 bits per heavy atom. The maximum absolute atomic E-state index is 12.8. The lowest BCUT2D eigenvalue weighted by Crippen LogP contribution is -2.04. The monoisotopic (exact) mass is 356 g/mol. The van der Waals surface area contributed by atoms with Crippen LogP contribution in [-0.2, 0) is 6.18 Å². The summed E-state index contributed by atoms with van der Waals surface area (Å²) in [7, 11) is 0. The number of hydrogen-bond acceptors (Lipinski definition) is 4. The minimum absolute atomic E-state index is 0.0436. The van der Waals surface area contributed by atoms with Crippen molar-refractivity contribution in [2.24, 2.45) is 0 Å². The van der Waals surface area contributed by atoms with E-state index in [0.717, 1.165) is 12.1 Å². The van der Waals surface area contributed by atoms with Crippen LogP contribution in [0.2, 0.25) is 0 Å². The zero-order chi connectivity index (χ0) is 18.1. The molecule has 0 saturated carbocycles. The van der Waals surface area contributed by atoms with Crippen LogP contribution >= 0.6 is 0 Å². The van der Waals surface area contributed by atoms with E-state index in [0.29, 0.717) is 22.7 Å². The van der Waals surface area contributed by atoms with Crippen LogP contribution in [0, 0.1) is 0 Å². The first kappa shape index (κ1) is 16.1. The van der Waals surface area contributed by atoms with Crippen molar-refractivity contribution in [1.29, 1.82) is 0 Å². The molecule has 0 fully saturated rings. The molecule has 130 valence electrons. The van der Waals surface area contributed by atoms with E-state index >= 15 is 0 Å².